The lowest BCUT2D eigenvalue weighted by molar-refractivity contribution is 0.724. The van der Waals surface area contributed by atoms with Gasteiger partial charge in [0.25, 0.3) is 10.9 Å². The molecule has 0 aromatic heterocycles. The first-order chi connectivity index (χ1) is 9.61. The van der Waals surface area contributed by atoms with E-state index in [-0.39, 0.29) is 5.69 Å². The van der Waals surface area contributed by atoms with Gasteiger partial charge in [-0.15, -0.1) is 0 Å². The van der Waals surface area contributed by atoms with Gasteiger partial charge >= 0.3 is 0 Å². The average Bonchev–Trinajstić information content (AvgIpc) is 2.47. The highest BCUT2D eigenvalue weighted by Crippen LogP contribution is 2.26. The molecule has 3 N–H and O–H groups in total. The smallest absolute Gasteiger partial charge is 0.253 e. The maximum Gasteiger partial charge on any atom is 0.253 e. The molecule has 0 radical (unpaired) electrons. The summed E-state index contributed by atoms with van der Waals surface area (Å²) in [6, 6.07) is 6.19. The SMILES string of the molecule is Nc1c(N2CCc3ccc(CNCl)cc3C2)c(=O)c1=O. The van der Waals surface area contributed by atoms with Gasteiger partial charge in [0.15, 0.2) is 0 Å². The largest absolute Gasteiger partial charge is 0.394 e. The van der Waals surface area contributed by atoms with Gasteiger partial charge in [0.05, 0.1) is 0 Å². The molecule has 6 heteroatoms. The van der Waals surface area contributed by atoms with Gasteiger partial charge in [-0.3, -0.25) is 9.59 Å². The summed E-state index contributed by atoms with van der Waals surface area (Å²) in [6.45, 7) is 1.88. The minimum Gasteiger partial charge on any atom is -0.394 e. The van der Waals surface area contributed by atoms with Crippen LogP contribution < -0.4 is 26.3 Å². The van der Waals surface area contributed by atoms with Crippen LogP contribution in [-0.4, -0.2) is 6.54 Å². The van der Waals surface area contributed by atoms with Crippen LogP contribution in [0.2, 0.25) is 0 Å². The van der Waals surface area contributed by atoms with Crippen molar-refractivity contribution in [3.8, 4) is 0 Å². The van der Waals surface area contributed by atoms with Crippen LogP contribution in [0.3, 0.4) is 0 Å². The van der Waals surface area contributed by atoms with Crippen LogP contribution >= 0.6 is 11.8 Å². The van der Waals surface area contributed by atoms with Crippen molar-refractivity contribution >= 4 is 23.2 Å². The first kappa shape index (κ1) is 13.1. The van der Waals surface area contributed by atoms with Gasteiger partial charge in [0.1, 0.15) is 11.4 Å². The molecule has 1 aliphatic rings. The molecule has 0 atom stereocenters. The van der Waals surface area contributed by atoms with Gasteiger partial charge in [0.2, 0.25) is 0 Å². The van der Waals surface area contributed by atoms with Crippen molar-refractivity contribution in [3.05, 3.63) is 55.3 Å². The summed E-state index contributed by atoms with van der Waals surface area (Å²) in [6.07, 6.45) is 0.835. The quantitative estimate of drug-likeness (QED) is 0.642. The molecule has 2 aromatic carbocycles. The topological polar surface area (TPSA) is 75.4 Å². The zero-order valence-electron chi connectivity index (χ0n) is 10.8. The van der Waals surface area contributed by atoms with Crippen LogP contribution in [-0.2, 0) is 19.5 Å². The first-order valence-corrected chi connectivity index (χ1v) is 6.77. The highest BCUT2D eigenvalue weighted by Gasteiger charge is 2.26. The molecular weight excluding hydrogens is 278 g/mol. The summed E-state index contributed by atoms with van der Waals surface area (Å²) < 4.78 is 0. The van der Waals surface area contributed by atoms with E-state index in [9.17, 15) is 9.59 Å². The fourth-order valence-corrected chi connectivity index (χ4v) is 2.85. The fourth-order valence-electron chi connectivity index (χ4n) is 2.70. The van der Waals surface area contributed by atoms with Crippen molar-refractivity contribution in [1.29, 1.82) is 0 Å². The number of benzene rings is 1. The minimum atomic E-state index is -0.564. The normalized spacial score (nSPS) is 14.6. The lowest BCUT2D eigenvalue weighted by Crippen LogP contribution is -2.44. The molecule has 0 unspecified atom stereocenters. The third-order valence-corrected chi connectivity index (χ3v) is 3.92. The Kier molecular flexibility index (Phi) is 3.23. The lowest BCUT2D eigenvalue weighted by atomic mass is 9.96. The number of nitrogens with two attached hydrogens (primary N) is 1. The summed E-state index contributed by atoms with van der Waals surface area (Å²) in [5, 5.41) is 0. The monoisotopic (exact) mass is 291 g/mol. The highest BCUT2D eigenvalue weighted by molar-refractivity contribution is 6.13. The first-order valence-electron chi connectivity index (χ1n) is 6.39. The highest BCUT2D eigenvalue weighted by atomic mass is 35.5. The standard InChI is InChI=1S/C14H14ClN3O2/c15-17-6-8-1-2-9-3-4-18(7-10(9)5-8)12-11(16)13(19)14(12)20/h1-2,5,17H,3-4,6-7,16H2. The zero-order valence-corrected chi connectivity index (χ0v) is 11.5. The van der Waals surface area contributed by atoms with Gasteiger partial charge in [-0.1, -0.05) is 18.2 Å². The number of fused-ring (bicyclic) bond motifs is 1. The van der Waals surface area contributed by atoms with Crippen LogP contribution in [0, 0.1) is 0 Å². The number of rotatable bonds is 3. The third kappa shape index (κ3) is 1.99. The predicted octanol–water partition coefficient (Wildman–Crippen LogP) is 0.671. The third-order valence-electron chi connectivity index (χ3n) is 3.79. The molecule has 0 saturated carbocycles. The van der Waals surface area contributed by atoms with Crippen LogP contribution in [0.5, 0.6) is 0 Å². The van der Waals surface area contributed by atoms with Crippen molar-refractivity contribution in [3.63, 3.8) is 0 Å². The molecule has 0 spiro atoms. The Morgan fingerprint density at radius 3 is 2.75 bits per heavy atom. The molecule has 0 fully saturated rings. The predicted molar refractivity (Wildman–Crippen MR) is 79.7 cm³/mol. The van der Waals surface area contributed by atoms with E-state index >= 15 is 0 Å². The van der Waals surface area contributed by atoms with Gasteiger partial charge in [0, 0.05) is 19.6 Å². The summed E-state index contributed by atoms with van der Waals surface area (Å²) in [5.74, 6) is 0. The van der Waals surface area contributed by atoms with Crippen molar-refractivity contribution in [1.82, 2.24) is 4.84 Å². The van der Waals surface area contributed by atoms with Crippen LogP contribution in [0.1, 0.15) is 16.7 Å². The Hall–Kier alpha value is -1.85. The second kappa shape index (κ2) is 4.92. The molecule has 0 amide bonds. The molecule has 1 heterocycles. The van der Waals surface area contributed by atoms with E-state index in [2.05, 4.69) is 17.0 Å². The molecule has 0 aliphatic carbocycles. The van der Waals surface area contributed by atoms with Crippen molar-refractivity contribution in [2.75, 3.05) is 17.2 Å². The van der Waals surface area contributed by atoms with Crippen LogP contribution in [0.4, 0.5) is 11.4 Å². The van der Waals surface area contributed by atoms with Gasteiger partial charge in [-0.25, -0.2) is 4.84 Å². The summed E-state index contributed by atoms with van der Waals surface area (Å²) in [5.41, 5.74) is 8.55. The number of nitrogens with zero attached hydrogens (tertiary/aromatic N) is 1. The maximum absolute atomic E-state index is 11.6. The molecule has 20 heavy (non-hydrogen) atoms. The van der Waals surface area contributed by atoms with Gasteiger partial charge in [-0.2, -0.15) is 0 Å². The average molecular weight is 292 g/mol. The Labute approximate surface area is 120 Å². The van der Waals surface area contributed by atoms with E-state index in [4.69, 9.17) is 17.5 Å². The summed E-state index contributed by atoms with van der Waals surface area (Å²) >= 11 is 5.52. The number of hydrogen-bond donors (Lipinski definition) is 2. The molecule has 1 aliphatic heterocycles. The zero-order chi connectivity index (χ0) is 14.3. The van der Waals surface area contributed by atoms with Crippen LogP contribution in [0.15, 0.2) is 27.8 Å². The Morgan fingerprint density at radius 2 is 2.05 bits per heavy atom. The number of anilines is 2. The Balaban J connectivity index is 1.90. The number of nitrogens with one attached hydrogen (secondary N) is 1. The molecule has 0 bridgehead atoms. The van der Waals surface area contributed by atoms with Crippen molar-refractivity contribution in [2.45, 2.75) is 19.5 Å². The van der Waals surface area contributed by atoms with E-state index in [1.165, 1.54) is 5.56 Å². The van der Waals surface area contributed by atoms with E-state index in [0.717, 1.165) is 17.5 Å². The second-order valence-electron chi connectivity index (χ2n) is 5.01. The van der Waals surface area contributed by atoms with E-state index in [0.29, 0.717) is 25.3 Å². The van der Waals surface area contributed by atoms with E-state index < -0.39 is 10.9 Å². The molecule has 3 rings (SSSR count). The van der Waals surface area contributed by atoms with E-state index in [1.54, 1.807) is 0 Å². The Bertz CT molecular complexity index is 734. The molecule has 5 nitrogen and oxygen atoms in total. The fraction of sp³-hybridized carbons (Fsp3) is 0.286. The number of nitrogen functional groups attached to an aromatic ring is 1. The molecular formula is C14H14ClN3O2. The second-order valence-corrected chi connectivity index (χ2v) is 5.27. The molecule has 0 saturated heterocycles. The number of hydrogen-bond acceptors (Lipinski definition) is 5. The van der Waals surface area contributed by atoms with Crippen molar-refractivity contribution < 1.29 is 0 Å². The van der Waals surface area contributed by atoms with Gasteiger partial charge in [-0.05, 0) is 34.9 Å². The lowest BCUT2D eigenvalue weighted by Gasteiger charge is -2.31. The summed E-state index contributed by atoms with van der Waals surface area (Å²) in [7, 11) is 0. The Morgan fingerprint density at radius 1 is 1.25 bits per heavy atom. The number of halogens is 1. The summed E-state index contributed by atoms with van der Waals surface area (Å²) in [4.78, 5) is 27.3. The van der Waals surface area contributed by atoms with Gasteiger partial charge < -0.3 is 10.6 Å². The maximum atomic E-state index is 11.6. The minimum absolute atomic E-state index is 0.0945. The van der Waals surface area contributed by atoms with Crippen LogP contribution in [0.25, 0.3) is 0 Å². The molecule has 2 aromatic rings. The van der Waals surface area contributed by atoms with E-state index in [1.807, 2.05) is 11.0 Å². The molecule has 104 valence electrons. The van der Waals surface area contributed by atoms with Crippen molar-refractivity contribution in [2.24, 2.45) is 0 Å².